The highest BCUT2D eigenvalue weighted by atomic mass is 35.5. The SMILES string of the molecule is Cc1nc(Cl)c(Oc2cccc3ccccc23)nc1C. The molecule has 1 aromatic heterocycles. The van der Waals surface area contributed by atoms with Crippen LogP contribution < -0.4 is 4.74 Å². The van der Waals surface area contributed by atoms with Crippen molar-refractivity contribution < 1.29 is 4.74 Å². The topological polar surface area (TPSA) is 35.0 Å². The average molecular weight is 285 g/mol. The molecule has 0 unspecified atom stereocenters. The van der Waals surface area contributed by atoms with E-state index in [9.17, 15) is 0 Å². The van der Waals surface area contributed by atoms with Crippen molar-refractivity contribution in [3.8, 4) is 11.6 Å². The lowest BCUT2D eigenvalue weighted by Gasteiger charge is -2.10. The van der Waals surface area contributed by atoms with Gasteiger partial charge in [0.05, 0.1) is 11.4 Å². The number of halogens is 1. The van der Waals surface area contributed by atoms with Crippen molar-refractivity contribution in [3.05, 3.63) is 59.0 Å². The summed E-state index contributed by atoms with van der Waals surface area (Å²) in [5.74, 6) is 1.06. The summed E-state index contributed by atoms with van der Waals surface area (Å²) in [6.07, 6.45) is 0. The van der Waals surface area contributed by atoms with E-state index in [1.807, 2.05) is 56.3 Å². The summed E-state index contributed by atoms with van der Waals surface area (Å²) in [7, 11) is 0. The molecule has 0 aliphatic heterocycles. The van der Waals surface area contributed by atoms with Gasteiger partial charge >= 0.3 is 0 Å². The first-order valence-electron chi connectivity index (χ1n) is 6.31. The minimum atomic E-state index is 0.279. The fourth-order valence-corrected chi connectivity index (χ4v) is 2.22. The Morgan fingerprint density at radius 1 is 0.900 bits per heavy atom. The van der Waals surface area contributed by atoms with E-state index < -0.39 is 0 Å². The zero-order chi connectivity index (χ0) is 14.1. The molecule has 100 valence electrons. The molecule has 0 saturated heterocycles. The predicted octanol–water partition coefficient (Wildman–Crippen LogP) is 4.69. The van der Waals surface area contributed by atoms with Crippen molar-refractivity contribution in [1.82, 2.24) is 9.97 Å². The van der Waals surface area contributed by atoms with Gasteiger partial charge in [0.25, 0.3) is 5.88 Å². The van der Waals surface area contributed by atoms with Gasteiger partial charge in [-0.1, -0.05) is 48.0 Å². The van der Waals surface area contributed by atoms with Crippen LogP contribution in [0.25, 0.3) is 10.8 Å². The number of benzene rings is 2. The number of nitrogens with zero attached hydrogens (tertiary/aromatic N) is 2. The zero-order valence-corrected chi connectivity index (χ0v) is 12.0. The van der Waals surface area contributed by atoms with E-state index in [2.05, 4.69) is 9.97 Å². The highest BCUT2D eigenvalue weighted by molar-refractivity contribution is 6.30. The second-order valence-electron chi connectivity index (χ2n) is 4.57. The van der Waals surface area contributed by atoms with Crippen molar-refractivity contribution in [2.45, 2.75) is 13.8 Å². The lowest BCUT2D eigenvalue weighted by Crippen LogP contribution is -1.97. The fourth-order valence-electron chi connectivity index (χ4n) is 2.01. The molecule has 0 N–H and O–H groups in total. The Kier molecular flexibility index (Phi) is 3.28. The minimum Gasteiger partial charge on any atom is -0.436 e. The summed E-state index contributed by atoms with van der Waals surface area (Å²) in [6.45, 7) is 3.75. The van der Waals surface area contributed by atoms with Gasteiger partial charge in [-0.2, -0.15) is 0 Å². The maximum absolute atomic E-state index is 6.10. The number of ether oxygens (including phenoxy) is 1. The van der Waals surface area contributed by atoms with Crippen molar-refractivity contribution in [2.24, 2.45) is 0 Å². The van der Waals surface area contributed by atoms with E-state index in [1.165, 1.54) is 0 Å². The van der Waals surface area contributed by atoms with Crippen LogP contribution in [0.5, 0.6) is 11.6 Å². The van der Waals surface area contributed by atoms with E-state index in [0.29, 0.717) is 5.88 Å². The van der Waals surface area contributed by atoms with Crippen LogP contribution in [0.4, 0.5) is 0 Å². The Morgan fingerprint density at radius 2 is 1.60 bits per heavy atom. The van der Waals surface area contributed by atoms with Crippen LogP contribution in [0.3, 0.4) is 0 Å². The average Bonchev–Trinajstić information content (AvgIpc) is 2.45. The van der Waals surface area contributed by atoms with Gasteiger partial charge in [-0.05, 0) is 25.3 Å². The normalized spacial score (nSPS) is 10.8. The lowest BCUT2D eigenvalue weighted by molar-refractivity contribution is 0.463. The second-order valence-corrected chi connectivity index (χ2v) is 4.93. The predicted molar refractivity (Wildman–Crippen MR) is 80.5 cm³/mol. The van der Waals surface area contributed by atoms with E-state index >= 15 is 0 Å². The third-order valence-corrected chi connectivity index (χ3v) is 3.44. The molecule has 0 saturated carbocycles. The highest BCUT2D eigenvalue weighted by Crippen LogP contribution is 2.31. The number of aryl methyl sites for hydroxylation is 2. The molecule has 4 heteroatoms. The van der Waals surface area contributed by atoms with Crippen molar-refractivity contribution in [1.29, 1.82) is 0 Å². The van der Waals surface area contributed by atoms with Gasteiger partial charge < -0.3 is 4.74 Å². The molecule has 0 fully saturated rings. The van der Waals surface area contributed by atoms with Crippen LogP contribution in [0.1, 0.15) is 11.4 Å². The van der Waals surface area contributed by atoms with Crippen LogP contribution >= 0.6 is 11.6 Å². The number of hydrogen-bond donors (Lipinski definition) is 0. The van der Waals surface area contributed by atoms with Crippen LogP contribution in [-0.4, -0.2) is 9.97 Å². The van der Waals surface area contributed by atoms with Gasteiger partial charge in [0.2, 0.25) is 0 Å². The molecule has 1 heterocycles. The molecular formula is C16H13ClN2O. The molecule has 0 atom stereocenters. The summed E-state index contributed by atoms with van der Waals surface area (Å²) >= 11 is 6.10. The maximum Gasteiger partial charge on any atom is 0.257 e. The van der Waals surface area contributed by atoms with E-state index in [1.54, 1.807) is 0 Å². The Bertz CT molecular complexity index is 781. The Morgan fingerprint density at radius 3 is 2.45 bits per heavy atom. The van der Waals surface area contributed by atoms with Gasteiger partial charge in [0.15, 0.2) is 5.15 Å². The van der Waals surface area contributed by atoms with Gasteiger partial charge in [0, 0.05) is 5.39 Å². The zero-order valence-electron chi connectivity index (χ0n) is 11.2. The first-order chi connectivity index (χ1) is 9.65. The molecule has 0 aliphatic rings. The second kappa shape index (κ2) is 5.10. The molecule has 0 amide bonds. The number of fused-ring (bicyclic) bond motifs is 1. The Labute approximate surface area is 122 Å². The van der Waals surface area contributed by atoms with Crippen LogP contribution in [0.15, 0.2) is 42.5 Å². The summed E-state index contributed by atoms with van der Waals surface area (Å²) in [4.78, 5) is 8.58. The minimum absolute atomic E-state index is 0.279. The van der Waals surface area contributed by atoms with Crippen molar-refractivity contribution in [2.75, 3.05) is 0 Å². The molecule has 2 aromatic carbocycles. The van der Waals surface area contributed by atoms with Crippen LogP contribution in [0.2, 0.25) is 5.15 Å². The first kappa shape index (κ1) is 12.9. The molecule has 3 rings (SSSR count). The standard InChI is InChI=1S/C16H13ClN2O/c1-10-11(2)19-16(15(17)18-10)20-14-9-5-7-12-6-3-4-8-13(12)14/h3-9H,1-2H3. The number of aromatic nitrogens is 2. The van der Waals surface area contributed by atoms with Crippen molar-refractivity contribution >= 4 is 22.4 Å². The van der Waals surface area contributed by atoms with Gasteiger partial charge in [-0.3, -0.25) is 0 Å². The monoisotopic (exact) mass is 284 g/mol. The quantitative estimate of drug-likeness (QED) is 0.684. The largest absolute Gasteiger partial charge is 0.436 e. The van der Waals surface area contributed by atoms with E-state index in [4.69, 9.17) is 16.3 Å². The molecule has 0 radical (unpaired) electrons. The smallest absolute Gasteiger partial charge is 0.257 e. The molecule has 3 nitrogen and oxygen atoms in total. The third-order valence-electron chi connectivity index (χ3n) is 3.19. The van der Waals surface area contributed by atoms with Gasteiger partial charge in [-0.25, -0.2) is 9.97 Å². The van der Waals surface area contributed by atoms with Gasteiger partial charge in [0.1, 0.15) is 5.75 Å². The van der Waals surface area contributed by atoms with Crippen LogP contribution in [0, 0.1) is 13.8 Å². The maximum atomic E-state index is 6.10. The van der Waals surface area contributed by atoms with Crippen molar-refractivity contribution in [3.63, 3.8) is 0 Å². The first-order valence-corrected chi connectivity index (χ1v) is 6.69. The highest BCUT2D eigenvalue weighted by Gasteiger charge is 2.11. The Hall–Kier alpha value is -2.13. The fraction of sp³-hybridized carbons (Fsp3) is 0.125. The van der Waals surface area contributed by atoms with E-state index in [0.717, 1.165) is 27.9 Å². The molecule has 0 bridgehead atoms. The van der Waals surface area contributed by atoms with E-state index in [-0.39, 0.29) is 5.15 Å². The molecule has 0 spiro atoms. The molecule has 3 aromatic rings. The van der Waals surface area contributed by atoms with Crippen LogP contribution in [-0.2, 0) is 0 Å². The summed E-state index contributed by atoms with van der Waals surface area (Å²) in [5, 5.41) is 2.41. The molecule has 20 heavy (non-hydrogen) atoms. The lowest BCUT2D eigenvalue weighted by atomic mass is 10.1. The Balaban J connectivity index is 2.08. The van der Waals surface area contributed by atoms with Gasteiger partial charge in [-0.15, -0.1) is 0 Å². The molecule has 0 aliphatic carbocycles. The number of hydrogen-bond acceptors (Lipinski definition) is 3. The summed E-state index contributed by atoms with van der Waals surface area (Å²) in [6, 6.07) is 13.9. The molecular weight excluding hydrogens is 272 g/mol. The summed E-state index contributed by atoms with van der Waals surface area (Å²) < 4.78 is 5.85. The number of rotatable bonds is 2. The summed E-state index contributed by atoms with van der Waals surface area (Å²) in [5.41, 5.74) is 1.62. The third kappa shape index (κ3) is 2.32.